The first-order valence-corrected chi connectivity index (χ1v) is 7.65. The van der Waals surface area contributed by atoms with E-state index < -0.39 is 0 Å². The molecule has 1 aliphatic carbocycles. The number of hydrogen-bond donors (Lipinski definition) is 1. The molecule has 1 saturated carbocycles. The first-order chi connectivity index (χ1) is 9.79. The number of nitrogens with zero attached hydrogens (tertiary/aromatic N) is 3. The summed E-state index contributed by atoms with van der Waals surface area (Å²) in [6.45, 7) is 6.07. The number of hydrogen-bond acceptors (Lipinski definition) is 3. The summed E-state index contributed by atoms with van der Waals surface area (Å²) in [7, 11) is 2.22. The fraction of sp³-hybridized carbons (Fsp3) is 0.562. The molecule has 4 heteroatoms. The molecular weight excluding hydrogens is 248 g/mol. The van der Waals surface area contributed by atoms with Gasteiger partial charge in [0.15, 0.2) is 0 Å². The van der Waals surface area contributed by atoms with E-state index in [4.69, 9.17) is 5.10 Å². The molecule has 1 aliphatic rings. The Morgan fingerprint density at radius 3 is 2.90 bits per heavy atom. The lowest BCUT2D eigenvalue weighted by atomic mass is 10.2. The summed E-state index contributed by atoms with van der Waals surface area (Å²) in [6, 6.07) is 9.33. The Hall–Kier alpha value is -1.39. The molecule has 0 spiro atoms. The quantitative estimate of drug-likeness (QED) is 0.785. The van der Waals surface area contributed by atoms with Gasteiger partial charge >= 0.3 is 0 Å². The van der Waals surface area contributed by atoms with Crippen molar-refractivity contribution in [3.8, 4) is 0 Å². The first kappa shape index (κ1) is 13.6. The number of para-hydroxylation sites is 1. The molecule has 1 aromatic carbocycles. The molecule has 4 nitrogen and oxygen atoms in total. The standard InChI is InChI=1S/C16H24N4/c1-3-20-16-7-5-4-6-14(16)15(18-20)12-17-10-11-19(2)13-8-9-13/h4-7,13,17H,3,8-12H2,1-2H3. The smallest absolute Gasteiger partial charge is 0.0841 e. The molecule has 0 atom stereocenters. The van der Waals surface area contributed by atoms with E-state index in [0.717, 1.165) is 37.9 Å². The SMILES string of the molecule is CCn1nc(CNCCN(C)C2CC2)c2ccccc21. The van der Waals surface area contributed by atoms with Gasteiger partial charge in [-0.15, -0.1) is 0 Å². The van der Waals surface area contributed by atoms with Gasteiger partial charge in [0.25, 0.3) is 0 Å². The van der Waals surface area contributed by atoms with E-state index in [-0.39, 0.29) is 0 Å². The summed E-state index contributed by atoms with van der Waals surface area (Å²) < 4.78 is 2.09. The number of aromatic nitrogens is 2. The normalized spacial score (nSPS) is 15.3. The Balaban J connectivity index is 1.59. The van der Waals surface area contributed by atoms with Crippen molar-refractivity contribution < 1.29 is 0 Å². The Morgan fingerprint density at radius 1 is 1.35 bits per heavy atom. The van der Waals surface area contributed by atoms with Gasteiger partial charge < -0.3 is 10.2 Å². The summed E-state index contributed by atoms with van der Waals surface area (Å²) in [5, 5.41) is 9.52. The molecule has 20 heavy (non-hydrogen) atoms. The van der Waals surface area contributed by atoms with Crippen molar-refractivity contribution >= 4 is 10.9 Å². The summed E-state index contributed by atoms with van der Waals surface area (Å²) in [5.74, 6) is 0. The van der Waals surface area contributed by atoms with Crippen LogP contribution in [-0.4, -0.2) is 40.9 Å². The Morgan fingerprint density at radius 2 is 2.15 bits per heavy atom. The van der Waals surface area contributed by atoms with Crippen LogP contribution in [0.15, 0.2) is 24.3 Å². The molecule has 1 aromatic heterocycles. The van der Waals surface area contributed by atoms with E-state index in [0.29, 0.717) is 0 Å². The van der Waals surface area contributed by atoms with Gasteiger partial charge in [-0.3, -0.25) is 4.68 Å². The van der Waals surface area contributed by atoms with Crippen molar-refractivity contribution in [2.24, 2.45) is 0 Å². The number of nitrogens with one attached hydrogen (secondary N) is 1. The first-order valence-electron chi connectivity index (χ1n) is 7.65. The number of likely N-dealkylation sites (N-methyl/N-ethyl adjacent to an activating group) is 1. The number of aryl methyl sites for hydroxylation is 1. The highest BCUT2D eigenvalue weighted by molar-refractivity contribution is 5.81. The Bertz CT molecular complexity index is 571. The van der Waals surface area contributed by atoms with Crippen molar-refractivity contribution in [1.29, 1.82) is 0 Å². The van der Waals surface area contributed by atoms with Crippen LogP contribution in [0.5, 0.6) is 0 Å². The van der Waals surface area contributed by atoms with Gasteiger partial charge in [-0.2, -0.15) is 5.10 Å². The summed E-state index contributed by atoms with van der Waals surface area (Å²) in [5.41, 5.74) is 2.40. The molecule has 2 aromatic rings. The van der Waals surface area contributed by atoms with Gasteiger partial charge in [0.2, 0.25) is 0 Å². The van der Waals surface area contributed by atoms with Gasteiger partial charge in [0, 0.05) is 37.6 Å². The molecule has 0 aliphatic heterocycles. The minimum absolute atomic E-state index is 0.844. The van der Waals surface area contributed by atoms with Crippen LogP contribution in [0.2, 0.25) is 0 Å². The minimum atomic E-state index is 0.844. The molecule has 0 amide bonds. The van der Waals surface area contributed by atoms with E-state index >= 15 is 0 Å². The lowest BCUT2D eigenvalue weighted by molar-refractivity contribution is 0.321. The Kier molecular flexibility index (Phi) is 4.03. The van der Waals surface area contributed by atoms with Crippen molar-refractivity contribution in [2.75, 3.05) is 20.1 Å². The maximum Gasteiger partial charge on any atom is 0.0841 e. The monoisotopic (exact) mass is 272 g/mol. The second kappa shape index (κ2) is 5.94. The predicted octanol–water partition coefficient (Wildman–Crippen LogP) is 2.24. The maximum atomic E-state index is 4.71. The molecule has 1 fully saturated rings. The van der Waals surface area contributed by atoms with Crippen molar-refractivity contribution in [3.05, 3.63) is 30.0 Å². The highest BCUT2D eigenvalue weighted by Gasteiger charge is 2.25. The van der Waals surface area contributed by atoms with Gasteiger partial charge in [-0.1, -0.05) is 18.2 Å². The third-order valence-corrected chi connectivity index (χ3v) is 4.14. The van der Waals surface area contributed by atoms with E-state index in [1.807, 2.05) is 0 Å². The lowest BCUT2D eigenvalue weighted by Gasteiger charge is -2.15. The number of benzene rings is 1. The maximum absolute atomic E-state index is 4.71. The van der Waals surface area contributed by atoms with Crippen LogP contribution < -0.4 is 5.32 Å². The largest absolute Gasteiger partial charge is 0.310 e. The zero-order valence-corrected chi connectivity index (χ0v) is 12.5. The highest BCUT2D eigenvalue weighted by Crippen LogP contribution is 2.24. The second-order valence-electron chi connectivity index (χ2n) is 5.67. The fourth-order valence-electron chi connectivity index (χ4n) is 2.73. The van der Waals surface area contributed by atoms with Crippen LogP contribution in [-0.2, 0) is 13.1 Å². The van der Waals surface area contributed by atoms with Crippen LogP contribution in [0.4, 0.5) is 0 Å². The summed E-state index contributed by atoms with van der Waals surface area (Å²) in [4.78, 5) is 2.45. The van der Waals surface area contributed by atoms with Crippen LogP contribution in [0.1, 0.15) is 25.5 Å². The van der Waals surface area contributed by atoms with E-state index in [2.05, 4.69) is 53.1 Å². The second-order valence-corrected chi connectivity index (χ2v) is 5.67. The topological polar surface area (TPSA) is 33.1 Å². The van der Waals surface area contributed by atoms with Gasteiger partial charge in [-0.25, -0.2) is 0 Å². The average molecular weight is 272 g/mol. The fourth-order valence-corrected chi connectivity index (χ4v) is 2.73. The molecule has 0 unspecified atom stereocenters. The van der Waals surface area contributed by atoms with Crippen molar-refractivity contribution in [3.63, 3.8) is 0 Å². The molecule has 108 valence electrons. The van der Waals surface area contributed by atoms with E-state index in [9.17, 15) is 0 Å². The van der Waals surface area contributed by atoms with E-state index in [1.54, 1.807) is 0 Å². The average Bonchev–Trinajstić information content (AvgIpc) is 3.26. The zero-order valence-electron chi connectivity index (χ0n) is 12.5. The predicted molar refractivity (Wildman–Crippen MR) is 82.8 cm³/mol. The third kappa shape index (κ3) is 2.86. The molecule has 0 radical (unpaired) electrons. The third-order valence-electron chi connectivity index (χ3n) is 4.14. The molecule has 0 bridgehead atoms. The zero-order chi connectivity index (χ0) is 13.9. The van der Waals surface area contributed by atoms with Gasteiger partial charge in [-0.05, 0) is 32.9 Å². The Labute approximate surface area is 120 Å². The van der Waals surface area contributed by atoms with Crippen LogP contribution in [0.3, 0.4) is 0 Å². The van der Waals surface area contributed by atoms with Crippen LogP contribution in [0, 0.1) is 0 Å². The summed E-state index contributed by atoms with van der Waals surface area (Å²) >= 11 is 0. The van der Waals surface area contributed by atoms with Gasteiger partial charge in [0.1, 0.15) is 0 Å². The molecule has 3 rings (SSSR count). The molecule has 1 N–H and O–H groups in total. The molecular formula is C16H24N4. The number of fused-ring (bicyclic) bond motifs is 1. The van der Waals surface area contributed by atoms with Crippen LogP contribution >= 0.6 is 0 Å². The van der Waals surface area contributed by atoms with Crippen LogP contribution in [0.25, 0.3) is 10.9 Å². The molecule has 0 saturated heterocycles. The summed E-state index contributed by atoms with van der Waals surface area (Å²) in [6.07, 6.45) is 2.75. The lowest BCUT2D eigenvalue weighted by Crippen LogP contribution is -2.30. The van der Waals surface area contributed by atoms with E-state index in [1.165, 1.54) is 23.7 Å². The minimum Gasteiger partial charge on any atom is -0.310 e. The molecule has 1 heterocycles. The van der Waals surface area contributed by atoms with Crippen molar-refractivity contribution in [1.82, 2.24) is 20.0 Å². The van der Waals surface area contributed by atoms with Gasteiger partial charge in [0.05, 0.1) is 11.2 Å². The number of rotatable bonds is 7. The highest BCUT2D eigenvalue weighted by atomic mass is 15.3. The van der Waals surface area contributed by atoms with Crippen molar-refractivity contribution in [2.45, 2.75) is 38.9 Å².